The van der Waals surface area contributed by atoms with E-state index in [0.717, 1.165) is 29.4 Å². The Kier molecular flexibility index (Phi) is 3.64. The highest BCUT2D eigenvalue weighted by atomic mass is 16.1. The van der Waals surface area contributed by atoms with Gasteiger partial charge in [0.05, 0.1) is 23.4 Å². The lowest BCUT2D eigenvalue weighted by Gasteiger charge is -2.31. The van der Waals surface area contributed by atoms with Gasteiger partial charge >= 0.3 is 0 Å². The molecule has 1 saturated carbocycles. The summed E-state index contributed by atoms with van der Waals surface area (Å²) < 4.78 is 0. The zero-order valence-corrected chi connectivity index (χ0v) is 12.0. The first-order valence-corrected chi connectivity index (χ1v) is 7.35. The lowest BCUT2D eigenvalue weighted by Crippen LogP contribution is -2.40. The molecule has 0 unspecified atom stereocenters. The zero-order chi connectivity index (χ0) is 14.8. The van der Waals surface area contributed by atoms with Gasteiger partial charge in [0, 0.05) is 17.6 Å². The molecule has 1 aromatic carbocycles. The Morgan fingerprint density at radius 3 is 2.76 bits per heavy atom. The first-order valence-electron chi connectivity index (χ1n) is 7.35. The van der Waals surface area contributed by atoms with Gasteiger partial charge in [-0.1, -0.05) is 12.8 Å². The molecule has 0 spiro atoms. The maximum Gasteiger partial charge on any atom is 0.236 e. The van der Waals surface area contributed by atoms with Crippen molar-refractivity contribution in [2.24, 2.45) is 5.73 Å². The third-order valence-corrected chi connectivity index (χ3v) is 4.20. The van der Waals surface area contributed by atoms with Gasteiger partial charge < -0.3 is 16.4 Å². The minimum absolute atomic E-state index is 0.209. The number of fused-ring (bicyclic) bond motifs is 1. The van der Waals surface area contributed by atoms with Crippen molar-refractivity contribution < 1.29 is 4.79 Å². The van der Waals surface area contributed by atoms with E-state index < -0.39 is 0 Å². The third kappa shape index (κ3) is 2.63. The molecule has 0 atom stereocenters. The molecule has 0 saturated heterocycles. The molecule has 0 radical (unpaired) electrons. The summed E-state index contributed by atoms with van der Waals surface area (Å²) in [6.07, 6.45) is 6.29. The Balaban J connectivity index is 2.05. The fraction of sp³-hybridized carbons (Fsp3) is 0.375. The van der Waals surface area contributed by atoms with Gasteiger partial charge in [0.25, 0.3) is 0 Å². The second kappa shape index (κ2) is 5.60. The molecule has 0 bridgehead atoms. The monoisotopic (exact) mass is 284 g/mol. The number of nitrogens with zero attached hydrogens (tertiary/aromatic N) is 2. The zero-order valence-electron chi connectivity index (χ0n) is 12.0. The summed E-state index contributed by atoms with van der Waals surface area (Å²) in [6, 6.07) is 8.07. The Bertz CT molecular complexity index is 664. The van der Waals surface area contributed by atoms with Crippen LogP contribution in [0.15, 0.2) is 30.5 Å². The predicted octanol–water partition coefficient (Wildman–Crippen LogP) is 2.05. The molecule has 1 fully saturated rings. The summed E-state index contributed by atoms with van der Waals surface area (Å²) in [5.74, 6) is -0.326. The average Bonchev–Trinajstić information content (AvgIpc) is 3.00. The van der Waals surface area contributed by atoms with Crippen LogP contribution in [-0.2, 0) is 4.79 Å². The molecular weight excluding hydrogens is 264 g/mol. The van der Waals surface area contributed by atoms with Crippen LogP contribution in [0.3, 0.4) is 0 Å². The van der Waals surface area contributed by atoms with E-state index in [1.807, 2.05) is 24.3 Å². The standard InChI is InChI=1S/C16H20N4O/c17-15(21)10-20(11-4-1-2-5-11)14-8-7-13-12(16(14)18)6-3-9-19-13/h3,6-9,11H,1-2,4-5,10,18H2,(H2,17,21). The number of aromatic nitrogens is 1. The van der Waals surface area contributed by atoms with Crippen molar-refractivity contribution in [1.29, 1.82) is 0 Å². The SMILES string of the molecule is NC(=O)CN(c1ccc2ncccc2c1N)C1CCCC1. The van der Waals surface area contributed by atoms with Crippen LogP contribution in [0.4, 0.5) is 11.4 Å². The number of carbonyl (C=O) groups is 1. The predicted molar refractivity (Wildman–Crippen MR) is 85.0 cm³/mol. The van der Waals surface area contributed by atoms with Crippen LogP contribution in [-0.4, -0.2) is 23.5 Å². The quantitative estimate of drug-likeness (QED) is 0.841. The van der Waals surface area contributed by atoms with E-state index in [-0.39, 0.29) is 12.5 Å². The molecule has 4 N–H and O–H groups in total. The largest absolute Gasteiger partial charge is 0.396 e. The highest BCUT2D eigenvalue weighted by Crippen LogP contribution is 2.35. The number of hydrogen-bond donors (Lipinski definition) is 2. The lowest BCUT2D eigenvalue weighted by atomic mass is 10.1. The summed E-state index contributed by atoms with van der Waals surface area (Å²) in [4.78, 5) is 17.8. The molecule has 3 rings (SSSR count). The molecule has 1 amide bonds. The number of amides is 1. The second-order valence-electron chi connectivity index (χ2n) is 5.60. The number of rotatable bonds is 4. The Labute approximate surface area is 123 Å². The number of carbonyl (C=O) groups excluding carboxylic acids is 1. The Hall–Kier alpha value is -2.30. The van der Waals surface area contributed by atoms with E-state index >= 15 is 0 Å². The number of pyridine rings is 1. The van der Waals surface area contributed by atoms with E-state index in [1.54, 1.807) is 6.20 Å². The van der Waals surface area contributed by atoms with E-state index in [1.165, 1.54) is 12.8 Å². The molecule has 5 heteroatoms. The van der Waals surface area contributed by atoms with Crippen molar-refractivity contribution in [2.75, 3.05) is 17.2 Å². The van der Waals surface area contributed by atoms with Gasteiger partial charge in [-0.05, 0) is 37.1 Å². The molecule has 5 nitrogen and oxygen atoms in total. The molecule has 2 aromatic rings. The summed E-state index contributed by atoms with van der Waals surface area (Å²) in [6.45, 7) is 0.209. The van der Waals surface area contributed by atoms with Crippen molar-refractivity contribution in [1.82, 2.24) is 4.98 Å². The maximum atomic E-state index is 11.4. The number of benzene rings is 1. The van der Waals surface area contributed by atoms with Crippen molar-refractivity contribution in [3.63, 3.8) is 0 Å². The molecule has 1 heterocycles. The van der Waals surface area contributed by atoms with Crippen LogP contribution in [0, 0.1) is 0 Å². The van der Waals surface area contributed by atoms with Crippen LogP contribution in [0.25, 0.3) is 10.9 Å². The van der Waals surface area contributed by atoms with Gasteiger partial charge in [-0.15, -0.1) is 0 Å². The smallest absolute Gasteiger partial charge is 0.236 e. The molecule has 1 aliphatic rings. The molecule has 0 aliphatic heterocycles. The molecule has 1 aromatic heterocycles. The fourth-order valence-electron chi connectivity index (χ4n) is 3.21. The maximum absolute atomic E-state index is 11.4. The van der Waals surface area contributed by atoms with Gasteiger partial charge in [-0.2, -0.15) is 0 Å². The van der Waals surface area contributed by atoms with Crippen LogP contribution >= 0.6 is 0 Å². The Morgan fingerprint density at radius 1 is 1.29 bits per heavy atom. The van der Waals surface area contributed by atoms with E-state index in [2.05, 4.69) is 9.88 Å². The van der Waals surface area contributed by atoms with Crippen molar-refractivity contribution in [2.45, 2.75) is 31.7 Å². The number of hydrogen-bond acceptors (Lipinski definition) is 4. The molecule has 1 aliphatic carbocycles. The van der Waals surface area contributed by atoms with Gasteiger partial charge in [0.2, 0.25) is 5.91 Å². The van der Waals surface area contributed by atoms with Crippen molar-refractivity contribution >= 4 is 28.2 Å². The first kappa shape index (κ1) is 13.7. The average molecular weight is 284 g/mol. The normalized spacial score (nSPS) is 15.4. The van der Waals surface area contributed by atoms with Crippen LogP contribution in [0.5, 0.6) is 0 Å². The highest BCUT2D eigenvalue weighted by Gasteiger charge is 2.25. The highest BCUT2D eigenvalue weighted by molar-refractivity contribution is 5.98. The topological polar surface area (TPSA) is 85.2 Å². The van der Waals surface area contributed by atoms with E-state index in [4.69, 9.17) is 11.5 Å². The second-order valence-corrected chi connectivity index (χ2v) is 5.60. The summed E-state index contributed by atoms with van der Waals surface area (Å²) in [5.41, 5.74) is 14.2. The van der Waals surface area contributed by atoms with Crippen LogP contribution < -0.4 is 16.4 Å². The molecule has 110 valence electrons. The fourth-order valence-corrected chi connectivity index (χ4v) is 3.21. The lowest BCUT2D eigenvalue weighted by molar-refractivity contribution is -0.116. The third-order valence-electron chi connectivity index (χ3n) is 4.20. The van der Waals surface area contributed by atoms with Crippen LogP contribution in [0.2, 0.25) is 0 Å². The van der Waals surface area contributed by atoms with Crippen molar-refractivity contribution in [3.05, 3.63) is 30.5 Å². The van der Waals surface area contributed by atoms with E-state index in [0.29, 0.717) is 11.7 Å². The van der Waals surface area contributed by atoms with E-state index in [9.17, 15) is 4.79 Å². The molecule has 21 heavy (non-hydrogen) atoms. The summed E-state index contributed by atoms with van der Waals surface area (Å²) >= 11 is 0. The number of nitrogen functional groups attached to an aromatic ring is 1. The summed E-state index contributed by atoms with van der Waals surface area (Å²) in [7, 11) is 0. The minimum atomic E-state index is -0.326. The van der Waals surface area contributed by atoms with Crippen molar-refractivity contribution in [3.8, 4) is 0 Å². The summed E-state index contributed by atoms with van der Waals surface area (Å²) in [5, 5.41) is 0.919. The number of nitrogens with two attached hydrogens (primary N) is 2. The Morgan fingerprint density at radius 2 is 2.05 bits per heavy atom. The molecular formula is C16H20N4O. The van der Waals surface area contributed by atoms with Gasteiger partial charge in [-0.3, -0.25) is 9.78 Å². The van der Waals surface area contributed by atoms with Gasteiger partial charge in [0.15, 0.2) is 0 Å². The van der Waals surface area contributed by atoms with Gasteiger partial charge in [0.1, 0.15) is 0 Å². The minimum Gasteiger partial charge on any atom is -0.396 e. The van der Waals surface area contributed by atoms with Crippen LogP contribution in [0.1, 0.15) is 25.7 Å². The van der Waals surface area contributed by atoms with Gasteiger partial charge in [-0.25, -0.2) is 0 Å². The first-order chi connectivity index (χ1) is 10.2. The number of primary amides is 1. The number of anilines is 2.